The Bertz CT molecular complexity index is 1330. The minimum absolute atomic E-state index is 0.0230. The molecule has 0 saturated heterocycles. The molecule has 1 aliphatic heterocycles. The standard InChI is InChI=1S/C27H32FN5O2/c1-15-14-29-23(31-26(35)17-6-5-7-19(10-17)30-16(2)34)13-20(15)18-11-21(28)25-22(12-18)33-24(32-25)8-9-27(33,3)4/h11-14,17,19H,5-10H2,1-4H3,(H,30,34)(H,29,31,35)/t17-,19+/m0/s1. The molecule has 184 valence electrons. The lowest BCUT2D eigenvalue weighted by atomic mass is 9.85. The maximum Gasteiger partial charge on any atom is 0.228 e. The first-order valence-electron chi connectivity index (χ1n) is 12.4. The molecule has 5 rings (SSSR count). The first-order valence-corrected chi connectivity index (χ1v) is 12.4. The van der Waals surface area contributed by atoms with Gasteiger partial charge in [0.05, 0.1) is 5.52 Å². The topological polar surface area (TPSA) is 88.9 Å². The molecule has 1 saturated carbocycles. The van der Waals surface area contributed by atoms with Gasteiger partial charge in [0, 0.05) is 37.0 Å². The number of rotatable bonds is 4. The van der Waals surface area contributed by atoms with Gasteiger partial charge in [0.2, 0.25) is 11.8 Å². The number of nitrogens with one attached hydrogen (secondary N) is 2. The molecule has 2 amide bonds. The molecule has 1 aliphatic carbocycles. The maximum atomic E-state index is 15.2. The Morgan fingerprint density at radius 1 is 1.20 bits per heavy atom. The summed E-state index contributed by atoms with van der Waals surface area (Å²) in [4.78, 5) is 33.4. The van der Waals surface area contributed by atoms with E-state index in [0.29, 0.717) is 17.8 Å². The van der Waals surface area contributed by atoms with Crippen molar-refractivity contribution in [3.05, 3.63) is 41.6 Å². The molecule has 7 nitrogen and oxygen atoms in total. The fourth-order valence-electron chi connectivity index (χ4n) is 5.69. The third kappa shape index (κ3) is 4.42. The second kappa shape index (κ2) is 8.73. The highest BCUT2D eigenvalue weighted by atomic mass is 19.1. The molecule has 2 N–H and O–H groups in total. The van der Waals surface area contributed by atoms with E-state index in [4.69, 9.17) is 0 Å². The van der Waals surface area contributed by atoms with Crippen molar-refractivity contribution in [2.75, 3.05) is 5.32 Å². The van der Waals surface area contributed by atoms with E-state index in [0.717, 1.165) is 60.1 Å². The van der Waals surface area contributed by atoms with Crippen molar-refractivity contribution in [3.63, 3.8) is 0 Å². The molecule has 2 aromatic heterocycles. The number of hydrogen-bond donors (Lipinski definition) is 2. The number of carbonyl (C=O) groups excluding carboxylic acids is 2. The number of carbonyl (C=O) groups is 2. The molecule has 1 fully saturated rings. The molecule has 0 unspecified atom stereocenters. The van der Waals surface area contributed by atoms with E-state index in [1.165, 1.54) is 13.0 Å². The number of nitrogens with zero attached hydrogens (tertiary/aromatic N) is 3. The Kier molecular flexibility index (Phi) is 5.85. The summed E-state index contributed by atoms with van der Waals surface area (Å²) in [6.07, 6.45) is 6.70. The van der Waals surface area contributed by atoms with Gasteiger partial charge in [0.25, 0.3) is 0 Å². The van der Waals surface area contributed by atoms with Gasteiger partial charge < -0.3 is 15.2 Å². The minimum Gasteiger partial charge on any atom is -0.354 e. The number of aryl methyl sites for hydroxylation is 2. The van der Waals surface area contributed by atoms with Crippen LogP contribution in [0, 0.1) is 18.7 Å². The molecule has 0 bridgehead atoms. The number of halogens is 1. The van der Waals surface area contributed by atoms with Crippen molar-refractivity contribution < 1.29 is 14.0 Å². The number of pyridine rings is 1. The molecule has 0 spiro atoms. The molecule has 2 atom stereocenters. The number of aromatic nitrogens is 3. The van der Waals surface area contributed by atoms with Gasteiger partial charge in [0.1, 0.15) is 17.2 Å². The van der Waals surface area contributed by atoms with Crippen LogP contribution in [0.3, 0.4) is 0 Å². The summed E-state index contributed by atoms with van der Waals surface area (Å²) in [5.74, 6) is 0.666. The first-order chi connectivity index (χ1) is 16.6. The quantitative estimate of drug-likeness (QED) is 0.562. The molecule has 8 heteroatoms. The highest BCUT2D eigenvalue weighted by molar-refractivity contribution is 5.93. The zero-order chi connectivity index (χ0) is 24.9. The Balaban J connectivity index is 1.43. The van der Waals surface area contributed by atoms with Gasteiger partial charge in [-0.15, -0.1) is 0 Å². The number of amides is 2. The van der Waals surface area contributed by atoms with E-state index in [1.54, 1.807) is 6.20 Å². The summed E-state index contributed by atoms with van der Waals surface area (Å²) in [5, 5.41) is 5.88. The van der Waals surface area contributed by atoms with Crippen molar-refractivity contribution in [1.29, 1.82) is 0 Å². The smallest absolute Gasteiger partial charge is 0.228 e. The Labute approximate surface area is 204 Å². The number of fused-ring (bicyclic) bond motifs is 3. The average molecular weight is 478 g/mol. The fraction of sp³-hybridized carbons (Fsp3) is 0.481. The minimum atomic E-state index is -0.344. The van der Waals surface area contributed by atoms with E-state index >= 15 is 4.39 Å². The van der Waals surface area contributed by atoms with E-state index in [-0.39, 0.29) is 35.1 Å². The molecular weight excluding hydrogens is 445 g/mol. The summed E-state index contributed by atoms with van der Waals surface area (Å²) in [5.41, 5.74) is 3.54. The van der Waals surface area contributed by atoms with Crippen molar-refractivity contribution >= 4 is 28.7 Å². The molecule has 35 heavy (non-hydrogen) atoms. The summed E-state index contributed by atoms with van der Waals surface area (Å²) >= 11 is 0. The third-order valence-corrected chi connectivity index (χ3v) is 7.47. The van der Waals surface area contributed by atoms with Gasteiger partial charge in [-0.1, -0.05) is 6.42 Å². The monoisotopic (exact) mass is 477 g/mol. The van der Waals surface area contributed by atoms with Crippen LogP contribution in [0.5, 0.6) is 0 Å². The van der Waals surface area contributed by atoms with E-state index < -0.39 is 0 Å². The van der Waals surface area contributed by atoms with Crippen molar-refractivity contribution in [2.45, 2.75) is 77.8 Å². The lowest BCUT2D eigenvalue weighted by molar-refractivity contribution is -0.123. The maximum absolute atomic E-state index is 15.2. The molecule has 1 aromatic carbocycles. The Hall–Kier alpha value is -3.29. The van der Waals surface area contributed by atoms with Gasteiger partial charge in [0.15, 0.2) is 5.82 Å². The van der Waals surface area contributed by atoms with Crippen LogP contribution in [0.2, 0.25) is 0 Å². The van der Waals surface area contributed by atoms with Crippen molar-refractivity contribution in [2.24, 2.45) is 5.92 Å². The van der Waals surface area contributed by atoms with Crippen LogP contribution in [0.25, 0.3) is 22.2 Å². The fourth-order valence-corrected chi connectivity index (χ4v) is 5.69. The third-order valence-electron chi connectivity index (χ3n) is 7.47. The van der Waals surface area contributed by atoms with Gasteiger partial charge in [-0.25, -0.2) is 14.4 Å². The number of benzene rings is 1. The normalized spacial score (nSPS) is 21.1. The van der Waals surface area contributed by atoms with Crippen molar-refractivity contribution in [1.82, 2.24) is 19.9 Å². The number of imidazole rings is 1. The van der Waals surface area contributed by atoms with Gasteiger partial charge in [-0.05, 0) is 81.3 Å². The van der Waals surface area contributed by atoms with Crippen LogP contribution in [-0.2, 0) is 21.5 Å². The number of hydrogen-bond acceptors (Lipinski definition) is 4. The lowest BCUT2D eigenvalue weighted by Crippen LogP contribution is -2.40. The van der Waals surface area contributed by atoms with Crippen molar-refractivity contribution in [3.8, 4) is 11.1 Å². The Morgan fingerprint density at radius 2 is 2.00 bits per heavy atom. The van der Waals surface area contributed by atoms with Crippen LogP contribution < -0.4 is 10.6 Å². The predicted octanol–water partition coefficient (Wildman–Crippen LogP) is 4.86. The van der Waals surface area contributed by atoms with Crippen LogP contribution in [0.1, 0.15) is 64.3 Å². The second-order valence-electron chi connectivity index (χ2n) is 10.6. The molecule has 3 heterocycles. The van der Waals surface area contributed by atoms with Gasteiger partial charge in [-0.2, -0.15) is 0 Å². The predicted molar refractivity (Wildman–Crippen MR) is 133 cm³/mol. The van der Waals surface area contributed by atoms with Gasteiger partial charge in [-0.3, -0.25) is 9.59 Å². The average Bonchev–Trinajstić information content (AvgIpc) is 3.32. The van der Waals surface area contributed by atoms with Crippen LogP contribution in [-0.4, -0.2) is 32.4 Å². The molecule has 3 aromatic rings. The Morgan fingerprint density at radius 3 is 2.77 bits per heavy atom. The SMILES string of the molecule is CC(=O)N[C@@H]1CCC[C@H](C(=O)Nc2cc(-c3cc(F)c4nc5n(c4c3)C(C)(C)CC5)c(C)cn2)C1. The molecular formula is C27H32FN5O2. The summed E-state index contributed by atoms with van der Waals surface area (Å²) in [6.45, 7) is 7.74. The first kappa shape index (κ1) is 23.5. The van der Waals surface area contributed by atoms with Gasteiger partial charge >= 0.3 is 0 Å². The summed E-state index contributed by atoms with van der Waals surface area (Å²) < 4.78 is 17.3. The molecule has 2 aliphatic rings. The zero-order valence-electron chi connectivity index (χ0n) is 20.7. The summed E-state index contributed by atoms with van der Waals surface area (Å²) in [6, 6.07) is 5.35. The van der Waals surface area contributed by atoms with E-state index in [2.05, 4.69) is 39.0 Å². The highest BCUT2D eigenvalue weighted by Crippen LogP contribution is 2.38. The molecule has 0 radical (unpaired) electrons. The number of anilines is 1. The van der Waals surface area contributed by atoms with E-state index in [9.17, 15) is 9.59 Å². The van der Waals surface area contributed by atoms with E-state index in [1.807, 2.05) is 19.1 Å². The van der Waals surface area contributed by atoms with Crippen LogP contribution >= 0.6 is 0 Å². The highest BCUT2D eigenvalue weighted by Gasteiger charge is 2.33. The van der Waals surface area contributed by atoms with Crippen LogP contribution in [0.4, 0.5) is 10.2 Å². The second-order valence-corrected chi connectivity index (χ2v) is 10.6. The lowest BCUT2D eigenvalue weighted by Gasteiger charge is -2.28. The largest absolute Gasteiger partial charge is 0.354 e. The van der Waals surface area contributed by atoms with Crippen LogP contribution in [0.15, 0.2) is 24.4 Å². The summed E-state index contributed by atoms with van der Waals surface area (Å²) in [7, 11) is 0. The zero-order valence-corrected chi connectivity index (χ0v) is 20.7.